The van der Waals surface area contributed by atoms with Crippen LogP contribution in [0, 0.1) is 26.2 Å². The Labute approximate surface area is 162 Å². The normalized spacial score (nSPS) is 9.93. The summed E-state index contributed by atoms with van der Waals surface area (Å²) in [6.07, 6.45) is 5.57. The van der Waals surface area contributed by atoms with E-state index in [2.05, 4.69) is 64.1 Å². The largest absolute Gasteiger partial charge is 0.480 e. The molecule has 1 heterocycles. The minimum Gasteiger partial charge on any atom is -0.480 e. The van der Waals surface area contributed by atoms with Crippen LogP contribution < -0.4 is 9.64 Å². The molecule has 2 aromatic carbocycles. The van der Waals surface area contributed by atoms with Crippen molar-refractivity contribution in [3.8, 4) is 18.2 Å². The van der Waals surface area contributed by atoms with Crippen LogP contribution in [0.2, 0.25) is 0 Å². The van der Waals surface area contributed by atoms with Crippen LogP contribution in [-0.4, -0.2) is 23.6 Å². The number of ether oxygens (including phenoxy) is 1. The second-order valence-corrected chi connectivity index (χ2v) is 6.03. The van der Waals surface area contributed by atoms with E-state index in [1.165, 1.54) is 5.56 Å². The van der Waals surface area contributed by atoms with E-state index in [1.807, 2.05) is 26.8 Å². The van der Waals surface area contributed by atoms with E-state index in [0.29, 0.717) is 24.8 Å². The fourth-order valence-electron chi connectivity index (χ4n) is 2.84. The van der Waals surface area contributed by atoms with Crippen molar-refractivity contribution in [3.05, 3.63) is 59.4 Å². The summed E-state index contributed by atoms with van der Waals surface area (Å²) in [7, 11) is 1.63. The average molecular weight is 361 g/mol. The highest BCUT2D eigenvalue weighted by molar-refractivity contribution is 5.84. The Balaban J connectivity index is 0.00000126. The zero-order valence-corrected chi connectivity index (χ0v) is 16.8. The first kappa shape index (κ1) is 20.3. The van der Waals surface area contributed by atoms with Crippen LogP contribution in [-0.2, 0) is 6.54 Å². The maximum absolute atomic E-state index is 5.57. The standard InChI is InChI=1S/C21H21N3O.C2H6/c1-5-12-24(18-9-6-15(2)7-10-18)14-17-8-11-20-19(13-17)21(25-4)23-16(3)22-20;1-2/h1,6-11,13H,12,14H2,2-4H3;1-2H3. The van der Waals surface area contributed by atoms with E-state index >= 15 is 0 Å². The number of terminal acetylenes is 1. The molecule has 0 spiro atoms. The van der Waals surface area contributed by atoms with Crippen molar-refractivity contribution in [1.29, 1.82) is 0 Å². The van der Waals surface area contributed by atoms with Crippen molar-refractivity contribution >= 4 is 16.6 Å². The van der Waals surface area contributed by atoms with Crippen molar-refractivity contribution in [1.82, 2.24) is 9.97 Å². The fraction of sp³-hybridized carbons (Fsp3) is 0.304. The summed E-state index contributed by atoms with van der Waals surface area (Å²) in [5, 5.41) is 0.912. The molecule has 3 aromatic rings. The molecule has 0 saturated carbocycles. The van der Waals surface area contributed by atoms with Gasteiger partial charge in [0.1, 0.15) is 5.82 Å². The number of aromatic nitrogens is 2. The van der Waals surface area contributed by atoms with Crippen molar-refractivity contribution in [2.45, 2.75) is 34.2 Å². The highest BCUT2D eigenvalue weighted by atomic mass is 16.5. The molecule has 0 radical (unpaired) electrons. The Bertz CT molecular complexity index is 927. The van der Waals surface area contributed by atoms with Gasteiger partial charge in [-0.3, -0.25) is 0 Å². The molecule has 0 atom stereocenters. The number of methoxy groups -OCH3 is 1. The molecule has 3 rings (SSSR count). The molecule has 0 bridgehead atoms. The lowest BCUT2D eigenvalue weighted by atomic mass is 10.1. The number of nitrogens with zero attached hydrogens (tertiary/aromatic N) is 3. The van der Waals surface area contributed by atoms with Crippen molar-refractivity contribution in [2.24, 2.45) is 0 Å². The smallest absolute Gasteiger partial charge is 0.224 e. The minimum atomic E-state index is 0.544. The van der Waals surface area contributed by atoms with Crippen LogP contribution in [0.4, 0.5) is 5.69 Å². The molecule has 1 aromatic heterocycles. The molecule has 27 heavy (non-hydrogen) atoms. The third-order valence-corrected chi connectivity index (χ3v) is 4.09. The van der Waals surface area contributed by atoms with E-state index in [9.17, 15) is 0 Å². The zero-order valence-electron chi connectivity index (χ0n) is 16.8. The van der Waals surface area contributed by atoms with Gasteiger partial charge in [-0.25, -0.2) is 4.98 Å². The summed E-state index contributed by atoms with van der Waals surface area (Å²) in [6, 6.07) is 14.5. The summed E-state index contributed by atoms with van der Waals surface area (Å²) in [4.78, 5) is 11.0. The number of anilines is 1. The first-order chi connectivity index (χ1) is 13.1. The first-order valence-corrected chi connectivity index (χ1v) is 9.17. The topological polar surface area (TPSA) is 38.2 Å². The van der Waals surface area contributed by atoms with Gasteiger partial charge in [-0.05, 0) is 43.7 Å². The lowest BCUT2D eigenvalue weighted by Gasteiger charge is -2.23. The first-order valence-electron chi connectivity index (χ1n) is 9.17. The average Bonchev–Trinajstić information content (AvgIpc) is 2.69. The van der Waals surface area contributed by atoms with Crippen LogP contribution in [0.25, 0.3) is 10.9 Å². The fourth-order valence-corrected chi connectivity index (χ4v) is 2.84. The zero-order chi connectivity index (χ0) is 19.8. The molecule has 4 heteroatoms. The van der Waals surface area contributed by atoms with E-state index < -0.39 is 0 Å². The van der Waals surface area contributed by atoms with Crippen molar-refractivity contribution < 1.29 is 4.74 Å². The summed E-state index contributed by atoms with van der Waals surface area (Å²) in [5.41, 5.74) is 4.35. The van der Waals surface area contributed by atoms with Crippen LogP contribution in [0.1, 0.15) is 30.8 Å². The van der Waals surface area contributed by atoms with Crippen molar-refractivity contribution in [3.63, 3.8) is 0 Å². The predicted molar refractivity (Wildman–Crippen MR) is 113 cm³/mol. The Kier molecular flexibility index (Phi) is 7.19. The third kappa shape index (κ3) is 4.98. The maximum atomic E-state index is 5.57. The van der Waals surface area contributed by atoms with Gasteiger partial charge in [0.2, 0.25) is 5.88 Å². The molecule has 0 fully saturated rings. The number of hydrogen-bond donors (Lipinski definition) is 0. The SMILES string of the molecule is C#CCN(Cc1ccc2nc(C)nc(OC)c2c1)c1ccc(C)cc1.CC. The van der Waals surface area contributed by atoms with Gasteiger partial charge in [0.15, 0.2) is 0 Å². The van der Waals surface area contributed by atoms with Gasteiger partial charge < -0.3 is 9.64 Å². The molecule has 0 N–H and O–H groups in total. The number of rotatable bonds is 5. The van der Waals surface area contributed by atoms with E-state index in [1.54, 1.807) is 7.11 Å². The highest BCUT2D eigenvalue weighted by Gasteiger charge is 2.10. The number of benzene rings is 2. The molecule has 0 saturated heterocycles. The quantitative estimate of drug-likeness (QED) is 0.605. The van der Waals surface area contributed by atoms with Crippen LogP contribution >= 0.6 is 0 Å². The minimum absolute atomic E-state index is 0.544. The van der Waals surface area contributed by atoms with E-state index in [0.717, 1.165) is 22.2 Å². The number of aryl methyl sites for hydroxylation is 2. The number of fused-ring (bicyclic) bond motifs is 1. The lowest BCUT2D eigenvalue weighted by Crippen LogP contribution is -2.22. The molecular formula is C23H27N3O. The summed E-state index contributed by atoms with van der Waals surface area (Å²) in [5.74, 6) is 4.04. The van der Waals surface area contributed by atoms with Gasteiger partial charge in [-0.15, -0.1) is 6.42 Å². The third-order valence-electron chi connectivity index (χ3n) is 4.09. The van der Waals surface area contributed by atoms with Gasteiger partial charge in [0, 0.05) is 12.2 Å². The maximum Gasteiger partial charge on any atom is 0.224 e. The summed E-state index contributed by atoms with van der Waals surface area (Å²) in [6.45, 7) is 9.19. The Hall–Kier alpha value is -3.06. The Morgan fingerprint density at radius 1 is 1.04 bits per heavy atom. The number of hydrogen-bond acceptors (Lipinski definition) is 4. The molecular weight excluding hydrogens is 334 g/mol. The second-order valence-electron chi connectivity index (χ2n) is 6.03. The molecule has 140 valence electrons. The van der Waals surface area contributed by atoms with E-state index in [4.69, 9.17) is 11.2 Å². The van der Waals surface area contributed by atoms with Crippen LogP contribution in [0.3, 0.4) is 0 Å². The molecule has 0 amide bonds. The van der Waals surface area contributed by atoms with Gasteiger partial charge in [-0.2, -0.15) is 4.98 Å². The van der Waals surface area contributed by atoms with Crippen LogP contribution in [0.5, 0.6) is 5.88 Å². The van der Waals surface area contributed by atoms with Crippen molar-refractivity contribution in [2.75, 3.05) is 18.6 Å². The van der Waals surface area contributed by atoms with Gasteiger partial charge in [0.05, 0.1) is 24.6 Å². The molecule has 0 aliphatic rings. The van der Waals surface area contributed by atoms with E-state index in [-0.39, 0.29) is 0 Å². The van der Waals surface area contributed by atoms with Gasteiger partial charge >= 0.3 is 0 Å². The Morgan fingerprint density at radius 2 is 1.74 bits per heavy atom. The predicted octanol–water partition coefficient (Wildman–Crippen LogP) is 4.92. The monoisotopic (exact) mass is 361 g/mol. The van der Waals surface area contributed by atoms with Gasteiger partial charge in [0.25, 0.3) is 0 Å². The molecule has 0 aliphatic carbocycles. The summed E-state index contributed by atoms with van der Waals surface area (Å²) < 4.78 is 5.42. The molecule has 0 unspecified atom stereocenters. The molecule has 4 nitrogen and oxygen atoms in total. The lowest BCUT2D eigenvalue weighted by molar-refractivity contribution is 0.401. The summed E-state index contributed by atoms with van der Waals surface area (Å²) >= 11 is 0. The van der Waals surface area contributed by atoms with Gasteiger partial charge in [-0.1, -0.05) is 43.5 Å². The molecule has 0 aliphatic heterocycles. The Morgan fingerprint density at radius 3 is 2.37 bits per heavy atom. The van der Waals surface area contributed by atoms with Crippen LogP contribution in [0.15, 0.2) is 42.5 Å². The second kappa shape index (κ2) is 9.59. The highest BCUT2D eigenvalue weighted by Crippen LogP contribution is 2.25.